The molecular weight excluding hydrogens is 847 g/mol. The minimum absolute atomic E-state index is 0.0608. The molecule has 9 rings (SSSR count). The fraction of sp³-hybridized carbons (Fsp3) is 0.400. The molecular formula is C45H46ClFN10O5S. The van der Waals surface area contributed by atoms with Gasteiger partial charge in [-0.1, -0.05) is 61.0 Å². The van der Waals surface area contributed by atoms with Gasteiger partial charge in [0.15, 0.2) is 5.75 Å². The van der Waals surface area contributed by atoms with Crippen LogP contribution in [-0.2, 0) is 20.9 Å². The Labute approximate surface area is 371 Å². The van der Waals surface area contributed by atoms with Crippen LogP contribution in [0, 0.1) is 23.1 Å². The summed E-state index contributed by atoms with van der Waals surface area (Å²) in [6, 6.07) is 14.2. The number of nitrogen functional groups attached to an aromatic ring is 1. The number of fused-ring (bicyclic) bond motifs is 4. The number of anilines is 2. The van der Waals surface area contributed by atoms with Crippen molar-refractivity contribution in [2.75, 3.05) is 50.6 Å². The van der Waals surface area contributed by atoms with Gasteiger partial charge in [0, 0.05) is 60.7 Å². The van der Waals surface area contributed by atoms with Gasteiger partial charge >= 0.3 is 6.01 Å². The van der Waals surface area contributed by atoms with Gasteiger partial charge in [-0.3, -0.25) is 4.79 Å². The molecule has 6 heterocycles. The second-order valence-corrected chi connectivity index (χ2v) is 18.0. The van der Waals surface area contributed by atoms with Gasteiger partial charge in [-0.25, -0.2) is 9.07 Å². The van der Waals surface area contributed by atoms with Crippen molar-refractivity contribution in [3.8, 4) is 40.2 Å². The first-order chi connectivity index (χ1) is 30.6. The second kappa shape index (κ2) is 17.7. The number of likely N-dealkylation sites (tertiary alicyclic amines) is 1. The third-order valence-corrected chi connectivity index (χ3v) is 13.5. The first-order valence-electron chi connectivity index (χ1n) is 21.0. The van der Waals surface area contributed by atoms with Crippen molar-refractivity contribution in [1.29, 1.82) is 5.26 Å². The molecule has 3 fully saturated rings. The fourth-order valence-electron chi connectivity index (χ4n) is 9.11. The number of piperazine rings is 1. The molecule has 3 aromatic carbocycles. The van der Waals surface area contributed by atoms with E-state index in [1.54, 1.807) is 35.0 Å². The molecule has 2 bridgehead atoms. The molecule has 3 unspecified atom stereocenters. The summed E-state index contributed by atoms with van der Waals surface area (Å²) in [6.07, 6.45) is 6.16. The molecule has 0 saturated carbocycles. The van der Waals surface area contributed by atoms with E-state index in [1.165, 1.54) is 6.07 Å². The number of carbonyl (C=O) groups is 2. The maximum absolute atomic E-state index is 15.4. The summed E-state index contributed by atoms with van der Waals surface area (Å²) in [6.45, 7) is 6.47. The molecule has 63 heavy (non-hydrogen) atoms. The molecule has 18 heteroatoms. The largest absolute Gasteiger partial charge is 0.486 e. The number of nitrogens with two attached hydrogens (primary N) is 1. The van der Waals surface area contributed by atoms with Crippen LogP contribution in [0.5, 0.6) is 11.8 Å². The molecule has 15 nitrogen and oxygen atoms in total. The van der Waals surface area contributed by atoms with Crippen molar-refractivity contribution < 1.29 is 28.2 Å². The summed E-state index contributed by atoms with van der Waals surface area (Å²) >= 11 is 8.32. The minimum atomic E-state index is -0.616. The quantitative estimate of drug-likeness (QED) is 0.0846. The van der Waals surface area contributed by atoms with E-state index in [0.717, 1.165) is 61.1 Å². The Hall–Kier alpha value is -5.93. The molecule has 3 aliphatic heterocycles. The van der Waals surface area contributed by atoms with Crippen molar-refractivity contribution in [2.24, 2.45) is 5.92 Å². The summed E-state index contributed by atoms with van der Waals surface area (Å²) in [7, 11) is 1.59. The highest BCUT2D eigenvalue weighted by molar-refractivity contribution is 7.23. The van der Waals surface area contributed by atoms with Crippen molar-refractivity contribution >= 4 is 66.9 Å². The van der Waals surface area contributed by atoms with Gasteiger partial charge in [-0.15, -0.1) is 16.4 Å². The molecule has 0 spiro atoms. The predicted octanol–water partition coefficient (Wildman–Crippen LogP) is 6.95. The third-order valence-electron chi connectivity index (χ3n) is 12.1. The number of nitrogens with one attached hydrogen (secondary N) is 1. The van der Waals surface area contributed by atoms with E-state index in [2.05, 4.69) is 26.6 Å². The van der Waals surface area contributed by atoms with E-state index < -0.39 is 17.9 Å². The number of hydrogen-bond acceptors (Lipinski definition) is 14. The van der Waals surface area contributed by atoms with E-state index in [4.69, 9.17) is 41.5 Å². The van der Waals surface area contributed by atoms with E-state index >= 15 is 4.39 Å². The predicted molar refractivity (Wildman–Crippen MR) is 238 cm³/mol. The highest BCUT2D eigenvalue weighted by atomic mass is 35.5. The molecule has 3 N–H and O–H groups in total. The molecule has 0 aliphatic carbocycles. The first-order valence-corrected chi connectivity index (χ1v) is 22.2. The zero-order valence-electron chi connectivity index (χ0n) is 35.0. The normalized spacial score (nSPS) is 19.0. The lowest BCUT2D eigenvalue weighted by atomic mass is 9.96. The number of aromatic nitrogens is 5. The van der Waals surface area contributed by atoms with Crippen molar-refractivity contribution in [2.45, 2.75) is 70.3 Å². The maximum Gasteiger partial charge on any atom is 0.319 e. The fourth-order valence-corrected chi connectivity index (χ4v) is 10.4. The molecule has 3 aromatic heterocycles. The minimum Gasteiger partial charge on any atom is -0.486 e. The van der Waals surface area contributed by atoms with Crippen molar-refractivity contribution in [3.05, 3.63) is 70.6 Å². The molecule has 326 valence electrons. The summed E-state index contributed by atoms with van der Waals surface area (Å²) in [5.74, 6) is 0.193. The standard InChI is InChI=1S/C45H46ClFN10O5S/c1-24(2)39(44(59)56-14-4-5-29(56)22-58)57-21-35(53-54-57)26-8-6-25(7-9-26)23-62-40-37(30-12-13-34(47)41-36(30)32(18-48)42(49)63-41)33(46)17-31-38(40)51-45(61-16-15-60-3)52-43(31)55-19-27-10-11-28(20-55)50-27/h6-9,12-13,17,21-22,24,27-29,39,50H,4-5,10-11,14-16,19-20,23,49H2,1-3H3/t27?,28?,29-,39?/m0/s1. The number of nitriles is 1. The van der Waals surface area contributed by atoms with Crippen LogP contribution in [0.1, 0.15) is 56.7 Å². The number of hydrogen-bond donors (Lipinski definition) is 2. The molecule has 1 amide bonds. The molecule has 4 atom stereocenters. The molecule has 3 aliphatic rings. The molecule has 6 aromatic rings. The summed E-state index contributed by atoms with van der Waals surface area (Å²) in [5, 5.41) is 24.2. The Kier molecular flexibility index (Phi) is 11.9. The van der Waals surface area contributed by atoms with Crippen molar-refractivity contribution in [1.82, 2.24) is 35.2 Å². The van der Waals surface area contributed by atoms with Crippen molar-refractivity contribution in [3.63, 3.8) is 0 Å². The Morgan fingerprint density at radius 1 is 1.11 bits per heavy atom. The van der Waals surface area contributed by atoms with Crippen LogP contribution >= 0.6 is 22.9 Å². The zero-order valence-corrected chi connectivity index (χ0v) is 36.6. The van der Waals surface area contributed by atoms with Gasteiger partial charge in [0.05, 0.1) is 34.1 Å². The third kappa shape index (κ3) is 8.01. The number of halogens is 2. The number of aldehydes is 1. The number of rotatable bonds is 14. The maximum atomic E-state index is 15.4. The van der Waals surface area contributed by atoms with Crippen LogP contribution in [0.2, 0.25) is 5.02 Å². The Balaban J connectivity index is 1.10. The van der Waals surface area contributed by atoms with Crippen LogP contribution < -0.4 is 25.4 Å². The van der Waals surface area contributed by atoms with Gasteiger partial charge in [0.2, 0.25) is 5.91 Å². The van der Waals surface area contributed by atoms with Crippen LogP contribution in [0.3, 0.4) is 0 Å². The SMILES string of the molecule is COCCOc1nc(N2CC3CCC(C2)N3)c2cc(Cl)c(-c3ccc(F)c4sc(N)c(C#N)c34)c(OCc3ccc(-c4cn(C(C(=O)N5CCC[C@H]5C=O)C(C)C)nn4)cc3)c2n1. The first kappa shape index (κ1) is 42.4. The lowest BCUT2D eigenvalue weighted by molar-refractivity contribution is -0.139. The van der Waals surface area contributed by atoms with Crippen LogP contribution in [0.25, 0.3) is 43.4 Å². The van der Waals surface area contributed by atoms with E-state index in [1.807, 2.05) is 38.1 Å². The molecule has 3 saturated heterocycles. The van der Waals surface area contributed by atoms with E-state index in [0.29, 0.717) is 76.3 Å². The average molecular weight is 893 g/mol. The van der Waals surface area contributed by atoms with Gasteiger partial charge in [-0.2, -0.15) is 15.2 Å². The number of thiophene rings is 1. The van der Waals surface area contributed by atoms with E-state index in [-0.39, 0.29) is 51.3 Å². The lowest BCUT2D eigenvalue weighted by Crippen LogP contribution is -2.51. The van der Waals surface area contributed by atoms with Gasteiger partial charge in [-0.05, 0) is 54.9 Å². The molecule has 0 radical (unpaired) electrons. The van der Waals surface area contributed by atoms with Crippen LogP contribution in [0.15, 0.2) is 48.7 Å². The summed E-state index contributed by atoms with van der Waals surface area (Å²) in [5.41, 5.74) is 9.87. The number of methoxy groups -OCH3 is 1. The van der Waals surface area contributed by atoms with Crippen LogP contribution in [0.4, 0.5) is 15.2 Å². The Morgan fingerprint density at radius 3 is 2.60 bits per heavy atom. The number of benzene rings is 3. The average Bonchev–Trinajstić information content (AvgIpc) is 4.10. The topological polar surface area (TPSA) is 187 Å². The van der Waals surface area contributed by atoms with Gasteiger partial charge < -0.3 is 39.9 Å². The van der Waals surface area contributed by atoms with Crippen LogP contribution in [-0.4, -0.2) is 100 Å². The monoisotopic (exact) mass is 892 g/mol. The van der Waals surface area contributed by atoms with Gasteiger partial charge in [0.25, 0.3) is 0 Å². The number of carbonyl (C=O) groups excluding carboxylic acids is 2. The highest BCUT2D eigenvalue weighted by Crippen LogP contribution is 2.49. The van der Waals surface area contributed by atoms with Gasteiger partial charge in [0.1, 0.15) is 59.5 Å². The number of amides is 1. The lowest BCUT2D eigenvalue weighted by Gasteiger charge is -2.34. The highest BCUT2D eigenvalue weighted by Gasteiger charge is 2.37. The second-order valence-electron chi connectivity index (χ2n) is 16.6. The Morgan fingerprint density at radius 2 is 1.89 bits per heavy atom. The zero-order chi connectivity index (χ0) is 43.9. The summed E-state index contributed by atoms with van der Waals surface area (Å²) < 4.78 is 35.4. The number of ether oxygens (including phenoxy) is 3. The smallest absolute Gasteiger partial charge is 0.319 e. The number of nitrogens with zero attached hydrogens (tertiary/aromatic N) is 8. The Bertz CT molecular complexity index is 2750. The summed E-state index contributed by atoms with van der Waals surface area (Å²) in [4.78, 5) is 39.1. The van der Waals surface area contributed by atoms with E-state index in [9.17, 15) is 14.9 Å².